The van der Waals surface area contributed by atoms with Crippen molar-refractivity contribution >= 4 is 5.97 Å². The van der Waals surface area contributed by atoms with Crippen LogP contribution in [0.4, 0.5) is 0 Å². The van der Waals surface area contributed by atoms with Crippen molar-refractivity contribution in [1.29, 1.82) is 0 Å². The fourth-order valence-electron chi connectivity index (χ4n) is 2.93. The van der Waals surface area contributed by atoms with Crippen molar-refractivity contribution in [3.05, 3.63) is 77.1 Å². The molecule has 0 saturated heterocycles. The second kappa shape index (κ2) is 7.47. The quantitative estimate of drug-likeness (QED) is 0.492. The SMILES string of the molecule is COC(=O)c1cc(-c2ccccc2)c(=O)n(-c2cncc(-c3cnnn3C)c2)n1. The van der Waals surface area contributed by atoms with Gasteiger partial charge in [-0.2, -0.15) is 9.78 Å². The number of benzene rings is 1. The van der Waals surface area contributed by atoms with Crippen molar-refractivity contribution in [2.75, 3.05) is 7.11 Å². The zero-order chi connectivity index (χ0) is 20.4. The molecule has 0 spiro atoms. The molecule has 0 radical (unpaired) electrons. The molecule has 144 valence electrons. The van der Waals surface area contributed by atoms with E-state index in [2.05, 4.69) is 20.4 Å². The van der Waals surface area contributed by atoms with Crippen molar-refractivity contribution in [3.63, 3.8) is 0 Å². The van der Waals surface area contributed by atoms with E-state index in [0.717, 1.165) is 10.4 Å². The fourth-order valence-corrected chi connectivity index (χ4v) is 2.93. The van der Waals surface area contributed by atoms with Crippen molar-refractivity contribution in [2.45, 2.75) is 0 Å². The van der Waals surface area contributed by atoms with E-state index in [9.17, 15) is 9.59 Å². The highest BCUT2D eigenvalue weighted by atomic mass is 16.5. The van der Waals surface area contributed by atoms with Crippen LogP contribution in [0, 0.1) is 0 Å². The van der Waals surface area contributed by atoms with Crippen LogP contribution >= 0.6 is 0 Å². The molecule has 4 aromatic rings. The maximum Gasteiger partial charge on any atom is 0.358 e. The second-order valence-corrected chi connectivity index (χ2v) is 6.19. The Labute approximate surface area is 165 Å². The molecule has 0 atom stereocenters. The van der Waals surface area contributed by atoms with Gasteiger partial charge in [0.05, 0.1) is 36.4 Å². The summed E-state index contributed by atoms with van der Waals surface area (Å²) >= 11 is 0. The van der Waals surface area contributed by atoms with E-state index >= 15 is 0 Å². The number of esters is 1. The van der Waals surface area contributed by atoms with Gasteiger partial charge in [0, 0.05) is 18.8 Å². The first-order chi connectivity index (χ1) is 14.1. The Morgan fingerprint density at radius 1 is 1.03 bits per heavy atom. The third kappa shape index (κ3) is 3.41. The Kier molecular flexibility index (Phi) is 4.70. The van der Waals surface area contributed by atoms with Crippen LogP contribution in [-0.2, 0) is 11.8 Å². The lowest BCUT2D eigenvalue weighted by molar-refractivity contribution is 0.0592. The Balaban J connectivity index is 1.93. The normalized spacial score (nSPS) is 10.7. The standard InChI is InChI=1S/C20H16N6O3/c1-25-18(12-22-24-25)14-8-15(11-21-10-14)26-19(27)16(13-6-4-3-5-7-13)9-17(23-26)20(28)29-2/h3-12H,1-2H3. The van der Waals surface area contributed by atoms with Gasteiger partial charge in [-0.1, -0.05) is 35.5 Å². The summed E-state index contributed by atoms with van der Waals surface area (Å²) in [6, 6.07) is 12.2. The van der Waals surface area contributed by atoms with Crippen molar-refractivity contribution in [2.24, 2.45) is 7.05 Å². The molecule has 3 heterocycles. The van der Waals surface area contributed by atoms with Gasteiger partial charge in [0.15, 0.2) is 5.69 Å². The van der Waals surface area contributed by atoms with Crippen LogP contribution in [0.2, 0.25) is 0 Å². The number of nitrogens with zero attached hydrogens (tertiary/aromatic N) is 6. The van der Waals surface area contributed by atoms with Crippen molar-refractivity contribution in [1.82, 2.24) is 29.8 Å². The highest BCUT2D eigenvalue weighted by molar-refractivity contribution is 5.88. The lowest BCUT2D eigenvalue weighted by Gasteiger charge is -2.11. The van der Waals surface area contributed by atoms with Crippen LogP contribution in [0.3, 0.4) is 0 Å². The van der Waals surface area contributed by atoms with Crippen LogP contribution in [0.25, 0.3) is 28.1 Å². The minimum atomic E-state index is -0.643. The molecule has 9 nitrogen and oxygen atoms in total. The average Bonchev–Trinajstić information content (AvgIpc) is 3.20. The maximum atomic E-state index is 13.2. The number of carbonyl (C=O) groups excluding carboxylic acids is 1. The van der Waals surface area contributed by atoms with E-state index in [-0.39, 0.29) is 11.3 Å². The van der Waals surface area contributed by atoms with Crippen LogP contribution in [0.5, 0.6) is 0 Å². The topological polar surface area (TPSA) is 105 Å². The van der Waals surface area contributed by atoms with Gasteiger partial charge in [-0.3, -0.25) is 9.78 Å². The van der Waals surface area contributed by atoms with Gasteiger partial charge in [0.25, 0.3) is 5.56 Å². The van der Waals surface area contributed by atoms with E-state index in [0.29, 0.717) is 22.4 Å². The predicted molar refractivity (Wildman–Crippen MR) is 104 cm³/mol. The number of hydrogen-bond donors (Lipinski definition) is 0. The molecule has 0 saturated carbocycles. The van der Waals surface area contributed by atoms with Gasteiger partial charge >= 0.3 is 5.97 Å². The summed E-state index contributed by atoms with van der Waals surface area (Å²) in [4.78, 5) is 29.6. The molecule has 29 heavy (non-hydrogen) atoms. The molecule has 0 aliphatic carbocycles. The smallest absolute Gasteiger partial charge is 0.358 e. The summed E-state index contributed by atoms with van der Waals surface area (Å²) < 4.78 is 7.55. The Morgan fingerprint density at radius 2 is 1.83 bits per heavy atom. The van der Waals surface area contributed by atoms with Crippen molar-refractivity contribution < 1.29 is 9.53 Å². The number of pyridine rings is 1. The monoisotopic (exact) mass is 388 g/mol. The molecule has 0 unspecified atom stereocenters. The summed E-state index contributed by atoms with van der Waals surface area (Å²) in [5.41, 5.74) is 2.45. The molecule has 0 aliphatic rings. The number of carbonyl (C=O) groups is 1. The first-order valence-electron chi connectivity index (χ1n) is 8.67. The second-order valence-electron chi connectivity index (χ2n) is 6.19. The van der Waals surface area contributed by atoms with Gasteiger partial charge < -0.3 is 4.74 Å². The number of rotatable bonds is 4. The predicted octanol–water partition coefficient (Wildman–Crippen LogP) is 1.88. The van der Waals surface area contributed by atoms with E-state index in [1.807, 2.05) is 18.2 Å². The molecule has 4 rings (SSSR count). The lowest BCUT2D eigenvalue weighted by atomic mass is 10.1. The summed E-state index contributed by atoms with van der Waals surface area (Å²) in [7, 11) is 3.02. The zero-order valence-corrected chi connectivity index (χ0v) is 15.7. The number of aromatic nitrogens is 6. The van der Waals surface area contributed by atoms with Crippen LogP contribution in [-0.4, -0.2) is 42.8 Å². The Bertz CT molecular complexity index is 1250. The third-order valence-electron chi connectivity index (χ3n) is 4.37. The first kappa shape index (κ1) is 18.2. The fraction of sp³-hybridized carbons (Fsp3) is 0.100. The summed E-state index contributed by atoms with van der Waals surface area (Å²) in [5.74, 6) is -0.643. The minimum absolute atomic E-state index is 0.0126. The number of ether oxygens (including phenoxy) is 1. The van der Waals surface area contributed by atoms with Crippen LogP contribution in [0.15, 0.2) is 65.8 Å². The molecule has 9 heteroatoms. The molecule has 0 aliphatic heterocycles. The van der Waals surface area contributed by atoms with Gasteiger partial charge in [-0.05, 0) is 17.7 Å². The van der Waals surface area contributed by atoms with E-state index in [1.165, 1.54) is 19.4 Å². The lowest BCUT2D eigenvalue weighted by Crippen LogP contribution is -2.26. The minimum Gasteiger partial charge on any atom is -0.464 e. The molecular weight excluding hydrogens is 372 g/mol. The number of hydrogen-bond acceptors (Lipinski definition) is 7. The van der Waals surface area contributed by atoms with E-state index in [4.69, 9.17) is 4.74 Å². The van der Waals surface area contributed by atoms with Gasteiger partial charge in [-0.25, -0.2) is 9.48 Å². The van der Waals surface area contributed by atoms with Gasteiger partial charge in [0.1, 0.15) is 0 Å². The Hall–Kier alpha value is -4.14. The molecule has 0 bridgehead atoms. The van der Waals surface area contributed by atoms with Crippen molar-refractivity contribution in [3.8, 4) is 28.1 Å². The van der Waals surface area contributed by atoms with Crippen LogP contribution in [0.1, 0.15) is 10.5 Å². The third-order valence-corrected chi connectivity index (χ3v) is 4.37. The zero-order valence-electron chi connectivity index (χ0n) is 15.7. The van der Waals surface area contributed by atoms with E-state index in [1.54, 1.807) is 42.3 Å². The molecule has 0 N–H and O–H groups in total. The number of methoxy groups -OCH3 is 1. The molecular formula is C20H16N6O3. The number of aryl methyl sites for hydroxylation is 1. The maximum absolute atomic E-state index is 13.2. The largest absolute Gasteiger partial charge is 0.464 e. The highest BCUT2D eigenvalue weighted by Crippen LogP contribution is 2.20. The van der Waals surface area contributed by atoms with Crippen LogP contribution < -0.4 is 5.56 Å². The van der Waals surface area contributed by atoms with Gasteiger partial charge in [0.2, 0.25) is 0 Å². The molecule has 0 fully saturated rings. The van der Waals surface area contributed by atoms with E-state index < -0.39 is 5.97 Å². The Morgan fingerprint density at radius 3 is 2.52 bits per heavy atom. The highest BCUT2D eigenvalue weighted by Gasteiger charge is 2.17. The summed E-state index contributed by atoms with van der Waals surface area (Å²) in [5, 5.41) is 12.0. The molecule has 3 aromatic heterocycles. The first-order valence-corrected chi connectivity index (χ1v) is 8.67. The van der Waals surface area contributed by atoms with Gasteiger partial charge in [-0.15, -0.1) is 5.10 Å². The molecule has 0 amide bonds. The average molecular weight is 388 g/mol. The summed E-state index contributed by atoms with van der Waals surface area (Å²) in [6.45, 7) is 0. The summed E-state index contributed by atoms with van der Waals surface area (Å²) in [6.07, 6.45) is 4.73. The molecule has 1 aromatic carbocycles.